The summed E-state index contributed by atoms with van der Waals surface area (Å²) in [6.45, 7) is 0. The number of hydrogen-bond acceptors (Lipinski definition) is 6. The first-order valence-corrected chi connectivity index (χ1v) is 13.7. The molecule has 1 amide bonds. The van der Waals surface area contributed by atoms with E-state index in [-0.39, 0.29) is 16.1 Å². The zero-order valence-corrected chi connectivity index (χ0v) is 21.3. The third-order valence-corrected chi connectivity index (χ3v) is 7.53. The minimum atomic E-state index is -4.03. The van der Waals surface area contributed by atoms with Crippen molar-refractivity contribution in [3.63, 3.8) is 0 Å². The molecule has 10 heteroatoms. The maximum absolute atomic E-state index is 13.2. The molecule has 0 aliphatic carbocycles. The van der Waals surface area contributed by atoms with Gasteiger partial charge in [-0.3, -0.25) is 14.8 Å². The van der Waals surface area contributed by atoms with E-state index in [2.05, 4.69) is 15.0 Å². The van der Waals surface area contributed by atoms with E-state index in [1.54, 1.807) is 12.1 Å². The normalized spacial score (nSPS) is 11.1. The van der Waals surface area contributed by atoms with Crippen LogP contribution in [-0.2, 0) is 10.0 Å². The highest BCUT2D eigenvalue weighted by Gasteiger charge is 2.19. The van der Waals surface area contributed by atoms with Gasteiger partial charge in [-0.25, -0.2) is 17.8 Å². The molecule has 38 heavy (non-hydrogen) atoms. The quantitative estimate of drug-likeness (QED) is 0.224. The van der Waals surface area contributed by atoms with E-state index in [1.165, 1.54) is 23.5 Å². The Morgan fingerprint density at radius 3 is 2.21 bits per heavy atom. The van der Waals surface area contributed by atoms with Crippen molar-refractivity contribution in [3.8, 4) is 22.8 Å². The van der Waals surface area contributed by atoms with E-state index >= 15 is 0 Å². The highest BCUT2D eigenvalue weighted by Crippen LogP contribution is 2.29. The predicted octanol–water partition coefficient (Wildman–Crippen LogP) is 6.79. The molecule has 0 fully saturated rings. The molecule has 0 aliphatic heterocycles. The average molecular weight is 546 g/mol. The number of halogens is 1. The molecular formula is C28H20FN3O4S2. The zero-order chi connectivity index (χ0) is 26.5. The molecule has 0 atom stereocenters. The molecule has 0 bridgehead atoms. The Hall–Kier alpha value is -4.54. The molecule has 0 saturated carbocycles. The summed E-state index contributed by atoms with van der Waals surface area (Å²) in [6, 6.07) is 27.5. The van der Waals surface area contributed by atoms with Gasteiger partial charge in [0, 0.05) is 10.9 Å². The molecule has 0 aliphatic rings. The molecule has 5 rings (SSSR count). The van der Waals surface area contributed by atoms with Gasteiger partial charge in [0.05, 0.1) is 21.8 Å². The van der Waals surface area contributed by atoms with E-state index in [0.717, 1.165) is 35.6 Å². The van der Waals surface area contributed by atoms with Crippen molar-refractivity contribution in [1.82, 2.24) is 4.98 Å². The molecular weight excluding hydrogens is 525 g/mol. The molecule has 5 aromatic rings. The lowest BCUT2D eigenvalue weighted by molar-refractivity contribution is 0.102. The Balaban J connectivity index is 1.28. The van der Waals surface area contributed by atoms with Crippen molar-refractivity contribution in [2.45, 2.75) is 4.90 Å². The maximum atomic E-state index is 13.2. The summed E-state index contributed by atoms with van der Waals surface area (Å²) in [5.41, 5.74) is 1.70. The van der Waals surface area contributed by atoms with Gasteiger partial charge in [-0.1, -0.05) is 30.3 Å². The molecule has 0 spiro atoms. The monoisotopic (exact) mass is 545 g/mol. The first-order valence-electron chi connectivity index (χ1n) is 11.3. The lowest BCUT2D eigenvalue weighted by Gasteiger charge is -2.12. The maximum Gasteiger partial charge on any atom is 0.261 e. The van der Waals surface area contributed by atoms with Crippen molar-refractivity contribution in [1.29, 1.82) is 0 Å². The molecule has 2 N–H and O–H groups in total. The Morgan fingerprint density at radius 1 is 0.816 bits per heavy atom. The predicted molar refractivity (Wildman–Crippen MR) is 146 cm³/mol. The van der Waals surface area contributed by atoms with Gasteiger partial charge in [-0.2, -0.15) is 0 Å². The van der Waals surface area contributed by atoms with Gasteiger partial charge in [-0.15, -0.1) is 11.3 Å². The fraction of sp³-hybridized carbons (Fsp3) is 0. The Bertz CT molecular complexity index is 1670. The van der Waals surface area contributed by atoms with Gasteiger partial charge in [-0.05, 0) is 72.8 Å². The van der Waals surface area contributed by atoms with Crippen LogP contribution in [0.1, 0.15) is 10.4 Å². The number of hydrogen-bond donors (Lipinski definition) is 2. The summed E-state index contributed by atoms with van der Waals surface area (Å²) in [5.74, 6) is 0.334. The van der Waals surface area contributed by atoms with Crippen LogP contribution < -0.4 is 14.8 Å². The van der Waals surface area contributed by atoms with Crippen molar-refractivity contribution < 1.29 is 22.3 Å². The van der Waals surface area contributed by atoms with Crippen LogP contribution in [0, 0.1) is 5.82 Å². The van der Waals surface area contributed by atoms with E-state index in [0.29, 0.717) is 16.6 Å². The van der Waals surface area contributed by atoms with Crippen molar-refractivity contribution in [3.05, 3.63) is 120 Å². The van der Waals surface area contributed by atoms with E-state index in [1.807, 2.05) is 60.0 Å². The van der Waals surface area contributed by atoms with Crippen LogP contribution in [-0.4, -0.2) is 19.3 Å². The number of nitrogens with zero attached hydrogens (tertiary/aromatic N) is 1. The molecule has 1 heterocycles. The van der Waals surface area contributed by atoms with Crippen molar-refractivity contribution in [2.24, 2.45) is 0 Å². The number of carbonyl (C=O) groups excluding carboxylic acids is 1. The molecule has 0 radical (unpaired) electrons. The van der Waals surface area contributed by atoms with Crippen molar-refractivity contribution in [2.75, 3.05) is 10.0 Å². The number of thiazole rings is 1. The highest BCUT2D eigenvalue weighted by atomic mass is 32.2. The molecule has 0 unspecified atom stereocenters. The molecule has 7 nitrogen and oxygen atoms in total. The topological polar surface area (TPSA) is 97.4 Å². The van der Waals surface area contributed by atoms with Crippen molar-refractivity contribution >= 4 is 38.1 Å². The Morgan fingerprint density at radius 2 is 1.47 bits per heavy atom. The first-order chi connectivity index (χ1) is 18.4. The van der Waals surface area contributed by atoms with Crippen LogP contribution in [0.4, 0.5) is 15.2 Å². The van der Waals surface area contributed by atoms with Crippen LogP contribution in [0.3, 0.4) is 0 Å². The summed E-state index contributed by atoms with van der Waals surface area (Å²) < 4.78 is 46.9. The fourth-order valence-electron chi connectivity index (χ4n) is 3.53. The summed E-state index contributed by atoms with van der Waals surface area (Å²) in [5, 5.41) is 4.89. The summed E-state index contributed by atoms with van der Waals surface area (Å²) >= 11 is 1.24. The summed E-state index contributed by atoms with van der Waals surface area (Å²) in [4.78, 5) is 17.4. The first kappa shape index (κ1) is 25.1. The number of sulfonamides is 1. The number of nitrogens with one attached hydrogen (secondary N) is 2. The minimum absolute atomic E-state index is 0.0834. The molecule has 4 aromatic carbocycles. The number of carbonyl (C=O) groups is 1. The number of para-hydroxylation sites is 2. The second-order valence-corrected chi connectivity index (χ2v) is 10.6. The highest BCUT2D eigenvalue weighted by molar-refractivity contribution is 7.92. The number of aromatic nitrogens is 1. The Labute approximate surface area is 222 Å². The molecule has 0 saturated heterocycles. The zero-order valence-electron chi connectivity index (χ0n) is 19.7. The number of rotatable bonds is 8. The van der Waals surface area contributed by atoms with E-state index in [9.17, 15) is 17.6 Å². The summed E-state index contributed by atoms with van der Waals surface area (Å²) in [7, 11) is -4.03. The number of amides is 1. The number of benzene rings is 4. The second kappa shape index (κ2) is 10.8. The van der Waals surface area contributed by atoms with Gasteiger partial charge in [0.1, 0.15) is 17.3 Å². The second-order valence-electron chi connectivity index (χ2n) is 8.04. The third-order valence-electron chi connectivity index (χ3n) is 5.39. The molecule has 1 aromatic heterocycles. The van der Waals surface area contributed by atoms with E-state index in [4.69, 9.17) is 4.74 Å². The molecule has 190 valence electrons. The van der Waals surface area contributed by atoms with Crippen LogP contribution in [0.25, 0.3) is 11.3 Å². The fourth-order valence-corrected chi connectivity index (χ4v) is 5.33. The smallest absolute Gasteiger partial charge is 0.261 e. The third kappa shape index (κ3) is 5.88. The van der Waals surface area contributed by atoms with E-state index < -0.39 is 21.7 Å². The van der Waals surface area contributed by atoms with Gasteiger partial charge in [0.2, 0.25) is 0 Å². The van der Waals surface area contributed by atoms with Crippen LogP contribution in [0.15, 0.2) is 113 Å². The van der Waals surface area contributed by atoms with Crippen LogP contribution in [0.5, 0.6) is 11.5 Å². The van der Waals surface area contributed by atoms with Gasteiger partial charge in [0.25, 0.3) is 15.9 Å². The van der Waals surface area contributed by atoms with Crippen LogP contribution in [0.2, 0.25) is 0 Å². The lowest BCUT2D eigenvalue weighted by Crippen LogP contribution is -2.18. The summed E-state index contributed by atoms with van der Waals surface area (Å²) in [6.07, 6.45) is 0. The standard InChI is InChI=1S/C28H20FN3O4S2/c29-20-12-16-23(17-13-20)38(34,35)32-25-9-5-4-8-24(25)27(33)31-28-30-26(18-37-28)19-10-14-22(15-11-19)36-21-6-2-1-3-7-21/h1-18,32H,(H,30,31,33). The van der Waals surface area contributed by atoms with Gasteiger partial charge >= 0.3 is 0 Å². The Kier molecular flexibility index (Phi) is 7.16. The average Bonchev–Trinajstić information content (AvgIpc) is 3.38. The number of ether oxygens (including phenoxy) is 1. The number of anilines is 2. The largest absolute Gasteiger partial charge is 0.457 e. The van der Waals surface area contributed by atoms with Gasteiger partial charge < -0.3 is 4.74 Å². The minimum Gasteiger partial charge on any atom is -0.457 e. The SMILES string of the molecule is O=C(Nc1nc(-c2ccc(Oc3ccccc3)cc2)cs1)c1ccccc1NS(=O)(=O)c1ccc(F)cc1. The van der Waals surface area contributed by atoms with Crippen LogP contribution >= 0.6 is 11.3 Å². The van der Waals surface area contributed by atoms with Gasteiger partial charge in [0.15, 0.2) is 5.13 Å². The lowest BCUT2D eigenvalue weighted by atomic mass is 10.1.